The van der Waals surface area contributed by atoms with E-state index in [0.717, 1.165) is 6.42 Å². The van der Waals surface area contributed by atoms with Crippen molar-refractivity contribution in [3.63, 3.8) is 0 Å². The summed E-state index contributed by atoms with van der Waals surface area (Å²) in [5, 5.41) is -0.861. The molecular weight excluding hydrogens is 247 g/mol. The maximum absolute atomic E-state index is 10.9. The van der Waals surface area contributed by atoms with Gasteiger partial charge in [0.05, 0.1) is 0 Å². The molecule has 92 valence electrons. The second-order valence-corrected chi connectivity index (χ2v) is 6.23. The first kappa shape index (κ1) is 17.1. The Hall–Kier alpha value is 0.130. The van der Waals surface area contributed by atoms with E-state index in [2.05, 4.69) is 13.8 Å². The van der Waals surface area contributed by atoms with Gasteiger partial charge in [-0.05, 0) is 30.4 Å². The van der Waals surface area contributed by atoms with E-state index >= 15 is 0 Å². The molecule has 17 heavy (non-hydrogen) atoms. The zero-order valence-electron chi connectivity index (χ0n) is 9.84. The van der Waals surface area contributed by atoms with Crippen LogP contribution in [0.15, 0.2) is 24.3 Å². The van der Waals surface area contributed by atoms with Crippen molar-refractivity contribution in [1.29, 1.82) is 0 Å². The molecule has 0 heterocycles. The van der Waals surface area contributed by atoms with Crippen LogP contribution in [0.5, 0.6) is 0 Å². The molecule has 1 unspecified atom stereocenters. The molecule has 0 amide bonds. The first-order valence-corrected chi connectivity index (χ1v) is 6.86. The predicted octanol–water partition coefficient (Wildman–Crippen LogP) is 2.19. The summed E-state index contributed by atoms with van der Waals surface area (Å²) in [6, 6.07) is 7.35. The predicted molar refractivity (Wildman–Crippen MR) is 72.1 cm³/mol. The van der Waals surface area contributed by atoms with Gasteiger partial charge >= 0.3 is 29.6 Å². The molecule has 0 fully saturated rings. The SMILES string of the molecule is CC(C)Cc1ccc(C(C)S(=O)(=O)O)cc1.[NaH]. The van der Waals surface area contributed by atoms with Gasteiger partial charge in [-0.15, -0.1) is 0 Å². The van der Waals surface area contributed by atoms with Gasteiger partial charge in [0.2, 0.25) is 0 Å². The van der Waals surface area contributed by atoms with Gasteiger partial charge in [0.15, 0.2) is 0 Å². The fourth-order valence-electron chi connectivity index (χ4n) is 1.57. The van der Waals surface area contributed by atoms with Gasteiger partial charge in [-0.2, -0.15) is 8.42 Å². The second-order valence-electron chi connectivity index (χ2n) is 4.50. The van der Waals surface area contributed by atoms with E-state index in [1.165, 1.54) is 12.5 Å². The van der Waals surface area contributed by atoms with Crippen LogP contribution in [0.1, 0.15) is 37.1 Å². The molecule has 1 aromatic rings. The van der Waals surface area contributed by atoms with Gasteiger partial charge in [-0.3, -0.25) is 4.55 Å². The number of benzene rings is 1. The van der Waals surface area contributed by atoms with Crippen molar-refractivity contribution in [2.45, 2.75) is 32.4 Å². The fourth-order valence-corrected chi connectivity index (χ4v) is 2.07. The topological polar surface area (TPSA) is 54.4 Å². The summed E-state index contributed by atoms with van der Waals surface area (Å²) in [5.41, 5.74) is 1.80. The van der Waals surface area contributed by atoms with Crippen molar-refractivity contribution in [1.82, 2.24) is 0 Å². The zero-order chi connectivity index (χ0) is 12.3. The van der Waals surface area contributed by atoms with Crippen LogP contribution in [-0.4, -0.2) is 42.5 Å². The van der Waals surface area contributed by atoms with E-state index in [9.17, 15) is 8.42 Å². The van der Waals surface area contributed by atoms with E-state index in [-0.39, 0.29) is 29.6 Å². The van der Waals surface area contributed by atoms with E-state index in [4.69, 9.17) is 4.55 Å². The van der Waals surface area contributed by atoms with Gasteiger partial charge in [-0.1, -0.05) is 38.1 Å². The van der Waals surface area contributed by atoms with Crippen LogP contribution >= 0.6 is 0 Å². The van der Waals surface area contributed by atoms with Gasteiger partial charge in [0, 0.05) is 0 Å². The molecule has 0 aliphatic rings. The van der Waals surface area contributed by atoms with Crippen LogP contribution in [0.3, 0.4) is 0 Å². The Morgan fingerprint density at radius 3 is 1.94 bits per heavy atom. The summed E-state index contributed by atoms with van der Waals surface area (Å²) in [6.07, 6.45) is 0.973. The third-order valence-electron chi connectivity index (χ3n) is 2.54. The number of rotatable bonds is 4. The summed E-state index contributed by atoms with van der Waals surface area (Å²) in [5.74, 6) is 0.574. The molecule has 0 saturated carbocycles. The Morgan fingerprint density at radius 1 is 1.12 bits per heavy atom. The van der Waals surface area contributed by atoms with Gasteiger partial charge < -0.3 is 0 Å². The summed E-state index contributed by atoms with van der Waals surface area (Å²) in [7, 11) is -3.99. The Bertz CT molecular complexity index is 437. The van der Waals surface area contributed by atoms with Crippen LogP contribution in [0.4, 0.5) is 0 Å². The van der Waals surface area contributed by atoms with Crippen LogP contribution < -0.4 is 0 Å². The molecule has 0 radical (unpaired) electrons. The molecule has 0 aliphatic heterocycles. The maximum atomic E-state index is 10.9. The van der Waals surface area contributed by atoms with E-state index in [1.807, 2.05) is 12.1 Å². The summed E-state index contributed by atoms with van der Waals surface area (Å²) in [6.45, 7) is 5.75. The average Bonchev–Trinajstić information content (AvgIpc) is 2.15. The molecular formula is C12H19NaO3S. The molecule has 0 aliphatic carbocycles. The third-order valence-corrected chi connectivity index (χ3v) is 3.71. The average molecular weight is 266 g/mol. The van der Waals surface area contributed by atoms with Gasteiger partial charge in [0.1, 0.15) is 5.25 Å². The minimum atomic E-state index is -3.99. The molecule has 0 spiro atoms. The Kier molecular flexibility index (Phi) is 6.95. The molecule has 0 bridgehead atoms. The molecule has 3 nitrogen and oxygen atoms in total. The Balaban J connectivity index is 0.00000256. The summed E-state index contributed by atoms with van der Waals surface area (Å²) < 4.78 is 30.8. The normalized spacial score (nSPS) is 13.2. The molecule has 0 saturated heterocycles. The van der Waals surface area contributed by atoms with Crippen LogP contribution in [0.2, 0.25) is 0 Å². The van der Waals surface area contributed by atoms with E-state index in [1.54, 1.807) is 12.1 Å². The zero-order valence-corrected chi connectivity index (χ0v) is 10.7. The number of hydrogen-bond acceptors (Lipinski definition) is 2. The van der Waals surface area contributed by atoms with Crippen molar-refractivity contribution < 1.29 is 13.0 Å². The Morgan fingerprint density at radius 2 is 1.59 bits per heavy atom. The molecule has 1 N–H and O–H groups in total. The number of hydrogen-bond donors (Lipinski definition) is 1. The fraction of sp³-hybridized carbons (Fsp3) is 0.500. The van der Waals surface area contributed by atoms with Crippen molar-refractivity contribution in [3.8, 4) is 0 Å². The molecule has 5 heteroatoms. The second kappa shape index (κ2) is 6.90. The van der Waals surface area contributed by atoms with Gasteiger partial charge in [-0.25, -0.2) is 0 Å². The van der Waals surface area contributed by atoms with Crippen molar-refractivity contribution in [3.05, 3.63) is 35.4 Å². The summed E-state index contributed by atoms with van der Waals surface area (Å²) in [4.78, 5) is 0. The monoisotopic (exact) mass is 266 g/mol. The Labute approximate surface area is 126 Å². The standard InChI is InChI=1S/C12H18O3S.Na.H/c1-9(2)8-11-4-6-12(7-5-11)10(3)16(13,14)15;;/h4-7,9-10H,8H2,1-3H3,(H,13,14,15);;. The first-order valence-electron chi connectivity index (χ1n) is 5.36. The van der Waals surface area contributed by atoms with Crippen molar-refractivity contribution >= 4 is 39.7 Å². The quantitative estimate of drug-likeness (QED) is 0.671. The third kappa shape index (κ3) is 5.53. The molecule has 1 atom stereocenters. The molecule has 1 aromatic carbocycles. The van der Waals surface area contributed by atoms with Crippen LogP contribution in [-0.2, 0) is 16.5 Å². The summed E-state index contributed by atoms with van der Waals surface area (Å²) >= 11 is 0. The van der Waals surface area contributed by atoms with Crippen molar-refractivity contribution in [2.24, 2.45) is 5.92 Å². The van der Waals surface area contributed by atoms with E-state index in [0.29, 0.717) is 11.5 Å². The van der Waals surface area contributed by atoms with Gasteiger partial charge in [0.25, 0.3) is 10.1 Å². The molecule has 1 rings (SSSR count). The minimum absolute atomic E-state index is 0. The van der Waals surface area contributed by atoms with Crippen LogP contribution in [0, 0.1) is 5.92 Å². The van der Waals surface area contributed by atoms with Crippen molar-refractivity contribution in [2.75, 3.05) is 0 Å². The van der Waals surface area contributed by atoms with E-state index < -0.39 is 15.4 Å². The molecule has 0 aromatic heterocycles. The first-order chi connectivity index (χ1) is 7.30. The van der Waals surface area contributed by atoms with Crippen LogP contribution in [0.25, 0.3) is 0 Å².